The van der Waals surface area contributed by atoms with Crippen molar-refractivity contribution >= 4 is 28.4 Å². The number of aromatic nitrogens is 3. The number of carbonyl (C=O) groups is 1. The summed E-state index contributed by atoms with van der Waals surface area (Å²) in [5.74, 6) is -0.292. The molecule has 6 heteroatoms. The number of benzene rings is 1. The van der Waals surface area contributed by atoms with E-state index in [1.54, 1.807) is 30.3 Å². The van der Waals surface area contributed by atoms with E-state index in [4.69, 9.17) is 11.6 Å². The zero-order valence-corrected chi connectivity index (χ0v) is 10.8. The zero-order chi connectivity index (χ0) is 13.9. The molecule has 1 aromatic carbocycles. The molecule has 20 heavy (non-hydrogen) atoms. The van der Waals surface area contributed by atoms with E-state index in [9.17, 15) is 9.59 Å². The first kappa shape index (κ1) is 11.3. The molecule has 0 unspecified atom stereocenters. The minimum atomic E-state index is -0.352. The molecule has 0 atom stereocenters. The van der Waals surface area contributed by atoms with Gasteiger partial charge in [0.1, 0.15) is 0 Å². The van der Waals surface area contributed by atoms with Crippen LogP contribution in [0, 0.1) is 0 Å². The highest BCUT2D eigenvalue weighted by molar-refractivity contribution is 6.36. The second-order valence-electron chi connectivity index (χ2n) is 4.41. The number of halogens is 1. The largest absolute Gasteiger partial charge is 0.285 e. The predicted molar refractivity (Wildman–Crippen MR) is 73.6 cm³/mol. The van der Waals surface area contributed by atoms with Gasteiger partial charge >= 0.3 is 0 Å². The summed E-state index contributed by atoms with van der Waals surface area (Å²) in [4.78, 5) is 33.1. The van der Waals surface area contributed by atoms with Crippen LogP contribution in [0.1, 0.15) is 16.2 Å². The summed E-state index contributed by atoms with van der Waals surface area (Å²) >= 11 is 6.06. The van der Waals surface area contributed by atoms with Crippen molar-refractivity contribution in [1.82, 2.24) is 14.5 Å². The lowest BCUT2D eigenvalue weighted by atomic mass is 10.1. The standard InChI is InChI=1S/C14H6ClN3O2/c15-8-4-1-5-9-10(8)11(19)13-17-12-7(3-2-6-16-12)14(20)18(9)13/h1-6H. The fourth-order valence-electron chi connectivity index (χ4n) is 2.43. The molecule has 0 spiro atoms. The van der Waals surface area contributed by atoms with Crippen molar-refractivity contribution < 1.29 is 4.79 Å². The van der Waals surface area contributed by atoms with Crippen LogP contribution in [0.2, 0.25) is 5.02 Å². The molecular formula is C14H6ClN3O2. The van der Waals surface area contributed by atoms with Gasteiger partial charge in [0.25, 0.3) is 5.56 Å². The summed E-state index contributed by atoms with van der Waals surface area (Å²) in [7, 11) is 0. The van der Waals surface area contributed by atoms with Crippen LogP contribution in [0.15, 0.2) is 41.3 Å². The maximum atomic E-state index is 12.5. The number of hydrogen-bond donors (Lipinski definition) is 0. The van der Waals surface area contributed by atoms with Crippen LogP contribution in [-0.4, -0.2) is 20.3 Å². The van der Waals surface area contributed by atoms with E-state index in [1.165, 1.54) is 10.8 Å². The second kappa shape index (κ2) is 3.74. The van der Waals surface area contributed by atoms with Gasteiger partial charge in [0.2, 0.25) is 5.78 Å². The lowest BCUT2D eigenvalue weighted by Crippen LogP contribution is -2.21. The molecule has 4 rings (SSSR count). The summed E-state index contributed by atoms with van der Waals surface area (Å²) < 4.78 is 1.30. The minimum Gasteiger partial charge on any atom is -0.285 e. The smallest absolute Gasteiger partial charge is 0.267 e. The van der Waals surface area contributed by atoms with Crippen LogP contribution in [0.5, 0.6) is 0 Å². The second-order valence-corrected chi connectivity index (χ2v) is 4.82. The van der Waals surface area contributed by atoms with E-state index >= 15 is 0 Å². The number of fused-ring (bicyclic) bond motifs is 4. The van der Waals surface area contributed by atoms with Gasteiger partial charge in [0.15, 0.2) is 11.5 Å². The van der Waals surface area contributed by atoms with Crippen molar-refractivity contribution in [3.8, 4) is 5.69 Å². The number of carbonyl (C=O) groups excluding carboxylic acids is 1. The van der Waals surface area contributed by atoms with Gasteiger partial charge in [-0.15, -0.1) is 0 Å². The van der Waals surface area contributed by atoms with Crippen molar-refractivity contribution in [2.45, 2.75) is 0 Å². The molecule has 0 saturated heterocycles. The van der Waals surface area contributed by atoms with Crippen LogP contribution >= 0.6 is 11.6 Å². The average molecular weight is 284 g/mol. The third-order valence-corrected chi connectivity index (χ3v) is 3.62. The molecule has 0 amide bonds. The summed E-state index contributed by atoms with van der Waals surface area (Å²) in [6.45, 7) is 0. The van der Waals surface area contributed by atoms with Crippen molar-refractivity contribution in [2.75, 3.05) is 0 Å². The van der Waals surface area contributed by atoms with Crippen LogP contribution in [0.4, 0.5) is 0 Å². The van der Waals surface area contributed by atoms with E-state index in [0.29, 0.717) is 21.7 Å². The van der Waals surface area contributed by atoms with Crippen LogP contribution < -0.4 is 5.56 Å². The molecule has 3 heterocycles. The molecule has 0 radical (unpaired) electrons. The minimum absolute atomic E-state index is 0.0595. The molecule has 5 nitrogen and oxygen atoms in total. The van der Waals surface area contributed by atoms with Crippen LogP contribution in [-0.2, 0) is 0 Å². The quantitative estimate of drug-likeness (QED) is 0.495. The van der Waals surface area contributed by atoms with E-state index in [2.05, 4.69) is 9.97 Å². The zero-order valence-electron chi connectivity index (χ0n) is 10.0. The topological polar surface area (TPSA) is 64.8 Å². The molecule has 1 aliphatic heterocycles. The van der Waals surface area contributed by atoms with E-state index in [0.717, 1.165) is 0 Å². The first-order chi connectivity index (χ1) is 9.68. The summed E-state index contributed by atoms with van der Waals surface area (Å²) in [6.07, 6.45) is 1.53. The Balaban J connectivity index is 2.23. The van der Waals surface area contributed by atoms with Crippen LogP contribution in [0.25, 0.3) is 16.7 Å². The molecule has 1 aliphatic rings. The summed E-state index contributed by atoms with van der Waals surface area (Å²) in [6, 6.07) is 8.30. The van der Waals surface area contributed by atoms with Gasteiger partial charge in [0, 0.05) is 6.20 Å². The Bertz CT molecular complexity index is 962. The summed E-state index contributed by atoms with van der Waals surface area (Å²) in [5, 5.41) is 0.686. The fraction of sp³-hybridized carbons (Fsp3) is 0. The van der Waals surface area contributed by atoms with Gasteiger partial charge in [0.05, 0.1) is 21.7 Å². The highest BCUT2D eigenvalue weighted by Gasteiger charge is 2.32. The van der Waals surface area contributed by atoms with Gasteiger partial charge < -0.3 is 0 Å². The average Bonchev–Trinajstić information content (AvgIpc) is 2.74. The van der Waals surface area contributed by atoms with Gasteiger partial charge in [-0.05, 0) is 24.3 Å². The molecule has 2 aromatic heterocycles. The Labute approximate surface area is 117 Å². The highest BCUT2D eigenvalue weighted by atomic mass is 35.5. The Morgan fingerprint density at radius 2 is 1.95 bits per heavy atom. The Kier molecular flexibility index (Phi) is 2.11. The number of hydrogen-bond acceptors (Lipinski definition) is 4. The molecule has 0 fully saturated rings. The van der Waals surface area contributed by atoms with E-state index in [-0.39, 0.29) is 22.8 Å². The van der Waals surface area contributed by atoms with Gasteiger partial charge in [-0.2, -0.15) is 0 Å². The highest BCUT2D eigenvalue weighted by Crippen LogP contribution is 2.31. The normalized spacial score (nSPS) is 12.6. The van der Waals surface area contributed by atoms with E-state index in [1.807, 2.05) is 0 Å². The van der Waals surface area contributed by atoms with Crippen molar-refractivity contribution in [1.29, 1.82) is 0 Å². The number of rotatable bonds is 0. The van der Waals surface area contributed by atoms with Crippen molar-refractivity contribution in [2.24, 2.45) is 0 Å². The molecule has 0 aliphatic carbocycles. The number of ketones is 1. The first-order valence-corrected chi connectivity index (χ1v) is 6.27. The Morgan fingerprint density at radius 3 is 2.80 bits per heavy atom. The maximum absolute atomic E-state index is 12.5. The van der Waals surface area contributed by atoms with Gasteiger partial charge in [-0.25, -0.2) is 9.97 Å². The van der Waals surface area contributed by atoms with Crippen molar-refractivity contribution in [3.05, 3.63) is 63.3 Å². The van der Waals surface area contributed by atoms with E-state index < -0.39 is 0 Å². The number of nitrogens with zero attached hydrogens (tertiary/aromatic N) is 3. The molecule has 0 N–H and O–H groups in total. The molecule has 96 valence electrons. The first-order valence-electron chi connectivity index (χ1n) is 5.90. The molecule has 0 bridgehead atoms. The Hall–Kier alpha value is -2.53. The predicted octanol–water partition coefficient (Wildman–Crippen LogP) is 1.98. The van der Waals surface area contributed by atoms with Gasteiger partial charge in [-0.3, -0.25) is 14.2 Å². The Morgan fingerprint density at radius 1 is 1.10 bits per heavy atom. The molecular weight excluding hydrogens is 278 g/mol. The molecule has 0 saturated carbocycles. The summed E-state index contributed by atoms with van der Waals surface area (Å²) in [5.41, 5.74) is 0.739. The monoisotopic (exact) mass is 283 g/mol. The third kappa shape index (κ3) is 1.27. The maximum Gasteiger partial charge on any atom is 0.267 e. The SMILES string of the molecule is O=C1c2c(Cl)cccc2-n2c1nc1ncccc1c2=O. The number of pyridine rings is 1. The molecule has 3 aromatic rings. The third-order valence-electron chi connectivity index (χ3n) is 3.31. The lowest BCUT2D eigenvalue weighted by molar-refractivity contribution is 0.103. The van der Waals surface area contributed by atoms with Crippen molar-refractivity contribution in [3.63, 3.8) is 0 Å². The van der Waals surface area contributed by atoms with Crippen LogP contribution in [0.3, 0.4) is 0 Å². The fourth-order valence-corrected chi connectivity index (χ4v) is 2.69. The van der Waals surface area contributed by atoms with Gasteiger partial charge in [-0.1, -0.05) is 17.7 Å². The lowest BCUT2D eigenvalue weighted by Gasteiger charge is -2.04.